The van der Waals surface area contributed by atoms with Crippen LogP contribution in [0.15, 0.2) is 42.6 Å². The highest BCUT2D eigenvalue weighted by atomic mass is 35.5. The molecule has 1 N–H and O–H groups in total. The summed E-state index contributed by atoms with van der Waals surface area (Å²) in [6.45, 7) is 2.08. The Morgan fingerprint density at radius 2 is 2.12 bits per heavy atom. The van der Waals surface area contributed by atoms with Crippen molar-refractivity contribution in [2.45, 2.75) is 13.5 Å². The van der Waals surface area contributed by atoms with E-state index in [1.54, 1.807) is 43.1 Å². The number of halogens is 1. The molecule has 2 heterocycles. The summed E-state index contributed by atoms with van der Waals surface area (Å²) in [4.78, 5) is 20.6. The van der Waals surface area contributed by atoms with Crippen molar-refractivity contribution >= 4 is 17.5 Å². The number of amides is 1. The summed E-state index contributed by atoms with van der Waals surface area (Å²) in [5.41, 5.74) is 1.54. The number of hydrogen-bond donors (Lipinski definition) is 1. The van der Waals surface area contributed by atoms with Crippen LogP contribution in [0, 0.1) is 6.92 Å². The molecular weight excluding hydrogens is 342 g/mol. The number of pyridine rings is 1. The van der Waals surface area contributed by atoms with Crippen molar-refractivity contribution in [1.82, 2.24) is 25.1 Å². The van der Waals surface area contributed by atoms with E-state index in [0.717, 1.165) is 5.56 Å². The summed E-state index contributed by atoms with van der Waals surface area (Å²) in [6, 6.07) is 10.8. The van der Waals surface area contributed by atoms with Crippen LogP contribution < -0.4 is 10.1 Å². The van der Waals surface area contributed by atoms with E-state index < -0.39 is 0 Å². The highest BCUT2D eigenvalue weighted by Crippen LogP contribution is 2.20. The fourth-order valence-corrected chi connectivity index (χ4v) is 2.49. The number of aromatic nitrogens is 4. The molecule has 8 heteroatoms. The molecule has 1 aromatic carbocycles. The van der Waals surface area contributed by atoms with Gasteiger partial charge in [0.2, 0.25) is 11.7 Å². The number of benzene rings is 1. The highest BCUT2D eigenvalue weighted by molar-refractivity contribution is 6.32. The maximum atomic E-state index is 12.3. The SMILES string of the molecule is COc1cc(CNC(=O)c2nc(C)n(-c3ccccc3Cl)n2)ccn1. The van der Waals surface area contributed by atoms with Crippen molar-refractivity contribution in [3.05, 3.63) is 64.8 Å². The first-order chi connectivity index (χ1) is 12.1. The van der Waals surface area contributed by atoms with E-state index in [2.05, 4.69) is 20.4 Å². The van der Waals surface area contributed by atoms with Crippen LogP contribution in [-0.4, -0.2) is 32.8 Å². The first kappa shape index (κ1) is 16.9. The molecular formula is C17H16ClN5O2. The van der Waals surface area contributed by atoms with Crippen molar-refractivity contribution in [2.24, 2.45) is 0 Å². The summed E-state index contributed by atoms with van der Waals surface area (Å²) in [6.07, 6.45) is 1.62. The van der Waals surface area contributed by atoms with E-state index in [1.165, 1.54) is 0 Å². The molecule has 7 nitrogen and oxygen atoms in total. The molecule has 2 aromatic heterocycles. The number of methoxy groups -OCH3 is 1. The third kappa shape index (κ3) is 3.77. The minimum atomic E-state index is -0.371. The van der Waals surface area contributed by atoms with Gasteiger partial charge in [-0.25, -0.2) is 14.6 Å². The Hall–Kier alpha value is -2.93. The summed E-state index contributed by atoms with van der Waals surface area (Å²) >= 11 is 6.18. The van der Waals surface area contributed by atoms with Gasteiger partial charge in [0.15, 0.2) is 0 Å². The Kier molecular flexibility index (Phi) is 4.95. The molecule has 0 spiro atoms. The molecule has 0 fully saturated rings. The molecule has 3 aromatic rings. The third-order valence-corrected chi connectivity index (χ3v) is 3.83. The van der Waals surface area contributed by atoms with E-state index >= 15 is 0 Å². The average molecular weight is 358 g/mol. The third-order valence-electron chi connectivity index (χ3n) is 3.51. The average Bonchev–Trinajstić information content (AvgIpc) is 3.02. The molecule has 0 saturated carbocycles. The van der Waals surface area contributed by atoms with Gasteiger partial charge in [-0.1, -0.05) is 23.7 Å². The fourth-order valence-electron chi connectivity index (χ4n) is 2.27. The molecule has 0 aliphatic heterocycles. The number of nitrogens with one attached hydrogen (secondary N) is 1. The standard InChI is InChI=1S/C17H16ClN5O2/c1-11-21-16(22-23(11)14-6-4-3-5-13(14)18)17(24)20-10-12-7-8-19-15(9-12)25-2/h3-9H,10H2,1-2H3,(H,20,24). The maximum absolute atomic E-state index is 12.3. The van der Waals surface area contributed by atoms with E-state index in [1.807, 2.05) is 18.2 Å². The molecule has 25 heavy (non-hydrogen) atoms. The van der Waals surface area contributed by atoms with Gasteiger partial charge in [-0.3, -0.25) is 4.79 Å². The Morgan fingerprint density at radius 3 is 2.88 bits per heavy atom. The maximum Gasteiger partial charge on any atom is 0.291 e. The second kappa shape index (κ2) is 7.31. The Balaban J connectivity index is 1.75. The molecule has 1 amide bonds. The first-order valence-corrected chi connectivity index (χ1v) is 7.92. The van der Waals surface area contributed by atoms with Crippen LogP contribution in [0.3, 0.4) is 0 Å². The molecule has 0 atom stereocenters. The number of rotatable bonds is 5. The Bertz CT molecular complexity index is 910. The number of carbonyl (C=O) groups excluding carboxylic acids is 1. The van der Waals surface area contributed by atoms with Crippen LogP contribution in [0.2, 0.25) is 5.02 Å². The molecule has 128 valence electrons. The molecule has 0 aliphatic carbocycles. The summed E-state index contributed by atoms with van der Waals surface area (Å²) in [7, 11) is 1.54. The highest BCUT2D eigenvalue weighted by Gasteiger charge is 2.16. The van der Waals surface area contributed by atoms with Crippen LogP contribution in [0.4, 0.5) is 0 Å². The van der Waals surface area contributed by atoms with Crippen molar-refractivity contribution in [3.63, 3.8) is 0 Å². The van der Waals surface area contributed by atoms with Gasteiger partial charge in [0.05, 0.1) is 17.8 Å². The van der Waals surface area contributed by atoms with Gasteiger partial charge < -0.3 is 10.1 Å². The molecule has 0 radical (unpaired) electrons. The zero-order valence-corrected chi connectivity index (χ0v) is 14.5. The van der Waals surface area contributed by atoms with Gasteiger partial charge in [0.25, 0.3) is 5.91 Å². The van der Waals surface area contributed by atoms with Gasteiger partial charge in [-0.2, -0.15) is 0 Å². The predicted molar refractivity (Wildman–Crippen MR) is 93.1 cm³/mol. The largest absolute Gasteiger partial charge is 0.481 e. The van der Waals surface area contributed by atoms with Crippen LogP contribution in [0.5, 0.6) is 5.88 Å². The Labute approximate surface area is 149 Å². The number of carbonyl (C=O) groups is 1. The van der Waals surface area contributed by atoms with Gasteiger partial charge in [0, 0.05) is 18.8 Å². The first-order valence-electron chi connectivity index (χ1n) is 7.54. The normalized spacial score (nSPS) is 10.5. The van der Waals surface area contributed by atoms with Crippen LogP contribution >= 0.6 is 11.6 Å². The van der Waals surface area contributed by atoms with Crippen LogP contribution in [0.1, 0.15) is 22.0 Å². The monoisotopic (exact) mass is 357 g/mol. The number of para-hydroxylation sites is 1. The van der Waals surface area contributed by atoms with Crippen LogP contribution in [0.25, 0.3) is 5.69 Å². The van der Waals surface area contributed by atoms with Gasteiger partial charge in [-0.05, 0) is 30.7 Å². The van der Waals surface area contributed by atoms with Gasteiger partial charge in [-0.15, -0.1) is 5.10 Å². The van der Waals surface area contributed by atoms with E-state index in [-0.39, 0.29) is 11.7 Å². The second-order valence-corrected chi connectivity index (χ2v) is 5.64. The zero-order valence-electron chi connectivity index (χ0n) is 13.7. The molecule has 3 rings (SSSR count). The zero-order chi connectivity index (χ0) is 17.8. The van der Waals surface area contributed by atoms with Crippen molar-refractivity contribution < 1.29 is 9.53 Å². The van der Waals surface area contributed by atoms with Crippen LogP contribution in [-0.2, 0) is 6.54 Å². The van der Waals surface area contributed by atoms with Crippen molar-refractivity contribution in [1.29, 1.82) is 0 Å². The minimum Gasteiger partial charge on any atom is -0.481 e. The smallest absolute Gasteiger partial charge is 0.291 e. The number of aryl methyl sites for hydroxylation is 1. The second-order valence-electron chi connectivity index (χ2n) is 5.23. The molecule has 0 unspecified atom stereocenters. The van der Waals surface area contributed by atoms with E-state index in [4.69, 9.17) is 16.3 Å². The number of hydrogen-bond acceptors (Lipinski definition) is 5. The summed E-state index contributed by atoms with van der Waals surface area (Å²) in [5, 5.41) is 7.57. The molecule has 0 aliphatic rings. The van der Waals surface area contributed by atoms with Gasteiger partial charge >= 0.3 is 0 Å². The Morgan fingerprint density at radius 1 is 1.32 bits per heavy atom. The quantitative estimate of drug-likeness (QED) is 0.758. The predicted octanol–water partition coefficient (Wildman–Crippen LogP) is 2.56. The lowest BCUT2D eigenvalue weighted by molar-refractivity contribution is 0.0940. The van der Waals surface area contributed by atoms with Crippen molar-refractivity contribution in [3.8, 4) is 11.6 Å². The molecule has 0 bridgehead atoms. The van der Waals surface area contributed by atoms with Crippen molar-refractivity contribution in [2.75, 3.05) is 7.11 Å². The lowest BCUT2D eigenvalue weighted by atomic mass is 10.2. The minimum absolute atomic E-state index is 0.0819. The lowest BCUT2D eigenvalue weighted by Crippen LogP contribution is -2.24. The lowest BCUT2D eigenvalue weighted by Gasteiger charge is -2.05. The summed E-state index contributed by atoms with van der Waals surface area (Å²) < 4.78 is 6.61. The topological polar surface area (TPSA) is 81.9 Å². The van der Waals surface area contributed by atoms with E-state index in [0.29, 0.717) is 29.0 Å². The summed E-state index contributed by atoms with van der Waals surface area (Å²) in [5.74, 6) is 0.774. The van der Waals surface area contributed by atoms with Gasteiger partial charge in [0.1, 0.15) is 5.82 Å². The molecule has 0 saturated heterocycles. The number of nitrogens with zero attached hydrogens (tertiary/aromatic N) is 4. The fraction of sp³-hybridized carbons (Fsp3) is 0.176. The number of ether oxygens (including phenoxy) is 1. The van der Waals surface area contributed by atoms with E-state index in [9.17, 15) is 4.79 Å².